The molecule has 116 valence electrons. The molecule has 1 aromatic carbocycles. The molecule has 0 aliphatic rings. The predicted molar refractivity (Wildman–Crippen MR) is 88.4 cm³/mol. The Morgan fingerprint density at radius 1 is 1.23 bits per heavy atom. The monoisotopic (exact) mass is 298 g/mol. The molecule has 0 spiro atoms. The molecule has 0 saturated carbocycles. The quantitative estimate of drug-likeness (QED) is 0.831. The summed E-state index contributed by atoms with van der Waals surface area (Å²) in [6, 6.07) is 8.32. The summed E-state index contributed by atoms with van der Waals surface area (Å²) in [5, 5.41) is 19.5. The Bertz CT molecular complexity index is 664. The zero-order valence-corrected chi connectivity index (χ0v) is 13.2. The van der Waals surface area contributed by atoms with Crippen LogP contribution in [0.4, 0.5) is 0 Å². The minimum absolute atomic E-state index is 0.0278. The zero-order chi connectivity index (χ0) is 16.1. The fourth-order valence-electron chi connectivity index (χ4n) is 2.30. The Kier molecular flexibility index (Phi) is 5.28. The summed E-state index contributed by atoms with van der Waals surface area (Å²) in [6.45, 7) is 5.68. The second-order valence-electron chi connectivity index (χ2n) is 5.40. The Labute approximate surface area is 131 Å². The van der Waals surface area contributed by atoms with Crippen molar-refractivity contribution in [2.75, 3.05) is 0 Å². The minimum Gasteiger partial charge on any atom is -0.505 e. The molecule has 0 saturated heterocycles. The molecule has 0 fully saturated rings. The number of aryl methyl sites for hydroxylation is 2. The molecule has 0 radical (unpaired) electrons. The highest BCUT2D eigenvalue weighted by Crippen LogP contribution is 2.25. The number of pyridine rings is 1. The number of aromatic hydroxyl groups is 1. The van der Waals surface area contributed by atoms with Crippen molar-refractivity contribution >= 4 is 6.21 Å². The zero-order valence-electron chi connectivity index (χ0n) is 13.2. The highest BCUT2D eigenvalue weighted by atomic mass is 16.3. The van der Waals surface area contributed by atoms with Crippen LogP contribution in [0.3, 0.4) is 0 Å². The van der Waals surface area contributed by atoms with Gasteiger partial charge < -0.3 is 10.2 Å². The fraction of sp³-hybridized carbons (Fsp3) is 0.333. The molecular weight excluding hydrogens is 276 g/mol. The molecule has 1 aromatic heterocycles. The van der Waals surface area contributed by atoms with Gasteiger partial charge in [0.1, 0.15) is 5.75 Å². The summed E-state index contributed by atoms with van der Waals surface area (Å²) in [5.74, 6) is 0.0778. The number of hydrogen-bond acceptors (Lipinski definition) is 4. The van der Waals surface area contributed by atoms with Gasteiger partial charge in [-0.15, -0.1) is 0 Å². The van der Waals surface area contributed by atoms with Gasteiger partial charge in [0.2, 0.25) is 0 Å². The van der Waals surface area contributed by atoms with Crippen molar-refractivity contribution in [3.05, 3.63) is 58.4 Å². The molecular formula is C18H22N2O2. The Balaban J connectivity index is 2.33. The van der Waals surface area contributed by atoms with Gasteiger partial charge >= 0.3 is 0 Å². The van der Waals surface area contributed by atoms with E-state index in [1.54, 1.807) is 19.3 Å². The van der Waals surface area contributed by atoms with Crippen molar-refractivity contribution in [2.24, 2.45) is 4.99 Å². The molecule has 0 unspecified atom stereocenters. The van der Waals surface area contributed by atoms with Gasteiger partial charge in [-0.05, 0) is 25.8 Å². The second kappa shape index (κ2) is 7.18. The maximum atomic E-state index is 10.1. The van der Waals surface area contributed by atoms with Crippen LogP contribution >= 0.6 is 0 Å². The van der Waals surface area contributed by atoms with Gasteiger partial charge in [0, 0.05) is 23.5 Å². The molecule has 2 N–H and O–H groups in total. The first-order valence-electron chi connectivity index (χ1n) is 7.44. The number of nitrogens with zero attached hydrogens (tertiary/aromatic N) is 2. The normalized spacial score (nSPS) is 12.7. The van der Waals surface area contributed by atoms with E-state index < -0.39 is 0 Å². The molecule has 1 heterocycles. The third-order valence-electron chi connectivity index (χ3n) is 3.76. The maximum absolute atomic E-state index is 10.1. The van der Waals surface area contributed by atoms with E-state index in [1.165, 1.54) is 5.56 Å². The van der Waals surface area contributed by atoms with Crippen LogP contribution in [-0.4, -0.2) is 21.4 Å². The van der Waals surface area contributed by atoms with Crippen LogP contribution in [0.1, 0.15) is 47.3 Å². The summed E-state index contributed by atoms with van der Waals surface area (Å²) in [5.41, 5.74) is 4.00. The molecule has 4 nitrogen and oxygen atoms in total. The molecule has 22 heavy (non-hydrogen) atoms. The van der Waals surface area contributed by atoms with Crippen molar-refractivity contribution in [3.63, 3.8) is 0 Å². The van der Waals surface area contributed by atoms with E-state index in [9.17, 15) is 10.2 Å². The number of benzene rings is 1. The molecule has 4 heteroatoms. The molecule has 0 aliphatic carbocycles. The third kappa shape index (κ3) is 3.52. The fourth-order valence-corrected chi connectivity index (χ4v) is 2.30. The number of aliphatic hydroxyl groups is 1. The van der Waals surface area contributed by atoms with Gasteiger partial charge in [-0.2, -0.15) is 0 Å². The Morgan fingerprint density at radius 2 is 1.91 bits per heavy atom. The first kappa shape index (κ1) is 16.2. The van der Waals surface area contributed by atoms with Gasteiger partial charge in [0.05, 0.1) is 18.3 Å². The van der Waals surface area contributed by atoms with Gasteiger partial charge in [0.15, 0.2) is 0 Å². The van der Waals surface area contributed by atoms with E-state index >= 15 is 0 Å². The summed E-state index contributed by atoms with van der Waals surface area (Å²) in [6.07, 6.45) is 4.08. The lowest BCUT2D eigenvalue weighted by molar-refractivity contribution is 0.280. The van der Waals surface area contributed by atoms with Crippen molar-refractivity contribution in [1.82, 2.24) is 4.98 Å². The Morgan fingerprint density at radius 3 is 2.50 bits per heavy atom. The Hall–Kier alpha value is -2.20. The highest BCUT2D eigenvalue weighted by Gasteiger charge is 2.11. The van der Waals surface area contributed by atoms with Crippen LogP contribution in [0.2, 0.25) is 0 Å². The molecule has 2 rings (SSSR count). The number of hydrogen-bond donors (Lipinski definition) is 2. The second-order valence-corrected chi connectivity index (χ2v) is 5.40. The topological polar surface area (TPSA) is 65.7 Å². The van der Waals surface area contributed by atoms with Crippen LogP contribution in [0, 0.1) is 13.8 Å². The smallest absolute Gasteiger partial charge is 0.145 e. The summed E-state index contributed by atoms with van der Waals surface area (Å²) >= 11 is 0. The van der Waals surface area contributed by atoms with Crippen LogP contribution in [0.15, 0.2) is 35.5 Å². The lowest BCUT2D eigenvalue weighted by atomic mass is 10.0. The van der Waals surface area contributed by atoms with E-state index in [-0.39, 0.29) is 18.4 Å². The van der Waals surface area contributed by atoms with E-state index in [0.29, 0.717) is 16.8 Å². The van der Waals surface area contributed by atoms with Gasteiger partial charge in [-0.3, -0.25) is 9.98 Å². The average molecular weight is 298 g/mol. The van der Waals surface area contributed by atoms with Crippen LogP contribution in [-0.2, 0) is 6.61 Å². The SMILES string of the molecule is CC[C@H](N=Cc1c(CO)cnc(C)c1O)c1ccc(C)cc1. The standard InChI is InChI=1S/C18H22N2O2/c1-4-17(14-7-5-12(2)6-8-14)20-10-16-15(11-21)9-19-13(3)18(16)22/h5-10,17,21-22H,4,11H2,1-3H3/t17-/m0/s1. The van der Waals surface area contributed by atoms with Crippen LogP contribution in [0.5, 0.6) is 5.75 Å². The van der Waals surface area contributed by atoms with Crippen molar-refractivity contribution < 1.29 is 10.2 Å². The van der Waals surface area contributed by atoms with Crippen LogP contribution in [0.25, 0.3) is 0 Å². The van der Waals surface area contributed by atoms with E-state index in [1.807, 2.05) is 0 Å². The largest absolute Gasteiger partial charge is 0.505 e. The van der Waals surface area contributed by atoms with E-state index in [2.05, 4.69) is 48.1 Å². The van der Waals surface area contributed by atoms with Crippen molar-refractivity contribution in [2.45, 2.75) is 39.8 Å². The lowest BCUT2D eigenvalue weighted by Crippen LogP contribution is -2.00. The van der Waals surface area contributed by atoms with Crippen LogP contribution < -0.4 is 0 Å². The van der Waals surface area contributed by atoms with Gasteiger partial charge in [-0.1, -0.05) is 36.8 Å². The van der Waals surface area contributed by atoms with Crippen molar-refractivity contribution in [1.29, 1.82) is 0 Å². The first-order chi connectivity index (χ1) is 10.6. The molecule has 2 aromatic rings. The molecule has 1 atom stereocenters. The van der Waals surface area contributed by atoms with Gasteiger partial charge in [0.25, 0.3) is 0 Å². The number of aliphatic imine (C=N–C) groups is 1. The highest BCUT2D eigenvalue weighted by molar-refractivity contribution is 5.85. The number of rotatable bonds is 5. The summed E-state index contributed by atoms with van der Waals surface area (Å²) in [7, 11) is 0. The van der Waals surface area contributed by atoms with Crippen molar-refractivity contribution in [3.8, 4) is 5.75 Å². The lowest BCUT2D eigenvalue weighted by Gasteiger charge is -2.12. The maximum Gasteiger partial charge on any atom is 0.145 e. The number of aliphatic hydroxyl groups excluding tert-OH is 1. The van der Waals surface area contributed by atoms with E-state index in [0.717, 1.165) is 12.0 Å². The summed E-state index contributed by atoms with van der Waals surface area (Å²) < 4.78 is 0. The molecule has 0 amide bonds. The molecule has 0 bridgehead atoms. The van der Waals surface area contributed by atoms with E-state index in [4.69, 9.17) is 0 Å². The van der Waals surface area contributed by atoms with Gasteiger partial charge in [-0.25, -0.2) is 0 Å². The summed E-state index contributed by atoms with van der Waals surface area (Å²) in [4.78, 5) is 8.65. The predicted octanol–water partition coefficient (Wildman–Crippen LogP) is 3.47. The first-order valence-corrected chi connectivity index (χ1v) is 7.44. The molecule has 0 aliphatic heterocycles. The third-order valence-corrected chi connectivity index (χ3v) is 3.76. The number of aromatic nitrogens is 1. The average Bonchev–Trinajstić information content (AvgIpc) is 2.53. The minimum atomic E-state index is -0.177.